The minimum Gasteiger partial charge on any atom is -0.477 e. The maximum atomic E-state index is 5.74. The molecule has 0 unspecified atom stereocenters. The third-order valence-corrected chi connectivity index (χ3v) is 2.83. The Hall–Kier alpha value is -1.32. The summed E-state index contributed by atoms with van der Waals surface area (Å²) in [6.07, 6.45) is 3.37. The van der Waals surface area contributed by atoms with E-state index in [1.807, 2.05) is 6.07 Å². The van der Waals surface area contributed by atoms with Crippen molar-refractivity contribution in [2.24, 2.45) is 11.8 Å². The van der Waals surface area contributed by atoms with Crippen LogP contribution in [-0.2, 0) is 6.42 Å². The lowest BCUT2D eigenvalue weighted by Gasteiger charge is -2.12. The average molecular weight is 263 g/mol. The van der Waals surface area contributed by atoms with Gasteiger partial charge in [0.05, 0.1) is 6.61 Å². The molecule has 1 aliphatic rings. The van der Waals surface area contributed by atoms with Gasteiger partial charge >= 0.3 is 0 Å². The maximum absolute atomic E-state index is 5.74. The number of rotatable bonds is 7. The summed E-state index contributed by atoms with van der Waals surface area (Å²) in [5, 5.41) is 3.43. The molecule has 1 heterocycles. The first-order chi connectivity index (χ1) is 9.02. The standard InChI is InChI=1S/C15H25N3O/c1-10(2)7-13-17-14(16-12-5-6-12)8-15(18-13)19-9-11(3)4/h8,10-12H,5-7,9H2,1-4H3,(H,16,17,18). The zero-order valence-corrected chi connectivity index (χ0v) is 12.4. The Kier molecular flexibility index (Phi) is 4.61. The molecule has 0 bridgehead atoms. The highest BCUT2D eigenvalue weighted by molar-refractivity contribution is 5.40. The Balaban J connectivity index is 2.09. The number of aromatic nitrogens is 2. The summed E-state index contributed by atoms with van der Waals surface area (Å²) in [5.74, 6) is 3.53. The van der Waals surface area contributed by atoms with E-state index in [0.717, 1.165) is 18.1 Å². The number of anilines is 1. The summed E-state index contributed by atoms with van der Waals surface area (Å²) in [6.45, 7) is 9.33. The second kappa shape index (κ2) is 6.22. The van der Waals surface area contributed by atoms with Gasteiger partial charge in [-0.25, -0.2) is 4.98 Å². The molecule has 0 aromatic carbocycles. The van der Waals surface area contributed by atoms with Gasteiger partial charge in [0, 0.05) is 18.5 Å². The molecule has 0 saturated heterocycles. The van der Waals surface area contributed by atoms with Gasteiger partial charge in [-0.2, -0.15) is 4.98 Å². The first-order valence-corrected chi connectivity index (χ1v) is 7.30. The molecule has 1 aromatic rings. The molecule has 19 heavy (non-hydrogen) atoms. The third-order valence-electron chi connectivity index (χ3n) is 2.83. The first-order valence-electron chi connectivity index (χ1n) is 7.30. The smallest absolute Gasteiger partial charge is 0.218 e. The van der Waals surface area contributed by atoms with E-state index in [-0.39, 0.29) is 0 Å². The third kappa shape index (κ3) is 5.05. The second-order valence-corrected chi connectivity index (χ2v) is 6.23. The van der Waals surface area contributed by atoms with Crippen LogP contribution in [0.3, 0.4) is 0 Å². The van der Waals surface area contributed by atoms with Crippen LogP contribution in [-0.4, -0.2) is 22.6 Å². The minimum absolute atomic E-state index is 0.503. The SMILES string of the molecule is CC(C)COc1cc(NC2CC2)nc(CC(C)C)n1. The molecule has 1 aliphatic carbocycles. The quantitative estimate of drug-likeness (QED) is 0.820. The molecule has 1 N–H and O–H groups in total. The summed E-state index contributed by atoms with van der Waals surface area (Å²) in [4.78, 5) is 9.08. The number of nitrogens with zero attached hydrogens (tertiary/aromatic N) is 2. The fraction of sp³-hybridized carbons (Fsp3) is 0.733. The molecule has 1 aromatic heterocycles. The lowest BCUT2D eigenvalue weighted by Crippen LogP contribution is -2.11. The fourth-order valence-corrected chi connectivity index (χ4v) is 1.77. The van der Waals surface area contributed by atoms with E-state index >= 15 is 0 Å². The molecule has 4 heteroatoms. The highest BCUT2D eigenvalue weighted by Gasteiger charge is 2.22. The summed E-state index contributed by atoms with van der Waals surface area (Å²) < 4.78 is 5.74. The van der Waals surface area contributed by atoms with Crippen LogP contribution in [0.25, 0.3) is 0 Å². The number of ether oxygens (including phenoxy) is 1. The molecule has 0 spiro atoms. The largest absolute Gasteiger partial charge is 0.477 e. The van der Waals surface area contributed by atoms with Gasteiger partial charge in [0.25, 0.3) is 0 Å². The first kappa shape index (κ1) is 14.1. The summed E-state index contributed by atoms with van der Waals surface area (Å²) in [7, 11) is 0. The number of nitrogens with one attached hydrogen (secondary N) is 1. The van der Waals surface area contributed by atoms with Crippen molar-refractivity contribution in [3.8, 4) is 5.88 Å². The van der Waals surface area contributed by atoms with Crippen molar-refractivity contribution < 1.29 is 4.74 Å². The average Bonchev–Trinajstić information content (AvgIpc) is 3.09. The van der Waals surface area contributed by atoms with Crippen LogP contribution in [0, 0.1) is 11.8 Å². The van der Waals surface area contributed by atoms with E-state index < -0.39 is 0 Å². The summed E-state index contributed by atoms with van der Waals surface area (Å²) >= 11 is 0. The van der Waals surface area contributed by atoms with Crippen molar-refractivity contribution >= 4 is 5.82 Å². The van der Waals surface area contributed by atoms with Crippen molar-refractivity contribution in [3.63, 3.8) is 0 Å². The highest BCUT2D eigenvalue weighted by Crippen LogP contribution is 2.25. The molecule has 1 saturated carbocycles. The Morgan fingerprint density at radius 1 is 1.21 bits per heavy atom. The highest BCUT2D eigenvalue weighted by atomic mass is 16.5. The van der Waals surface area contributed by atoms with Crippen LogP contribution in [0.4, 0.5) is 5.82 Å². The zero-order valence-electron chi connectivity index (χ0n) is 12.4. The van der Waals surface area contributed by atoms with Crippen LogP contribution < -0.4 is 10.1 Å². The van der Waals surface area contributed by atoms with Crippen molar-refractivity contribution in [2.75, 3.05) is 11.9 Å². The molecule has 0 radical (unpaired) electrons. The van der Waals surface area contributed by atoms with Gasteiger partial charge in [-0.3, -0.25) is 0 Å². The molecule has 0 amide bonds. The van der Waals surface area contributed by atoms with Gasteiger partial charge in [0.1, 0.15) is 11.6 Å². The lowest BCUT2D eigenvalue weighted by molar-refractivity contribution is 0.260. The summed E-state index contributed by atoms with van der Waals surface area (Å²) in [6, 6.07) is 2.52. The monoisotopic (exact) mass is 263 g/mol. The molecule has 1 fully saturated rings. The van der Waals surface area contributed by atoms with Crippen LogP contribution >= 0.6 is 0 Å². The molecule has 0 atom stereocenters. The summed E-state index contributed by atoms with van der Waals surface area (Å²) in [5.41, 5.74) is 0. The van der Waals surface area contributed by atoms with Gasteiger partial charge in [-0.05, 0) is 24.7 Å². The van der Waals surface area contributed by atoms with E-state index in [9.17, 15) is 0 Å². The topological polar surface area (TPSA) is 47.0 Å². The van der Waals surface area contributed by atoms with E-state index in [0.29, 0.717) is 30.4 Å². The minimum atomic E-state index is 0.503. The van der Waals surface area contributed by atoms with Gasteiger partial charge in [0.2, 0.25) is 5.88 Å². The van der Waals surface area contributed by atoms with Crippen molar-refractivity contribution in [3.05, 3.63) is 11.9 Å². The van der Waals surface area contributed by atoms with Crippen LogP contribution in [0.5, 0.6) is 5.88 Å². The lowest BCUT2D eigenvalue weighted by atomic mass is 10.1. The van der Waals surface area contributed by atoms with Gasteiger partial charge in [0.15, 0.2) is 0 Å². The maximum Gasteiger partial charge on any atom is 0.218 e. The Bertz CT molecular complexity index is 392. The molecular formula is C15H25N3O. The van der Waals surface area contributed by atoms with E-state index in [4.69, 9.17) is 4.74 Å². The second-order valence-electron chi connectivity index (χ2n) is 6.23. The normalized spacial score (nSPS) is 15.1. The van der Waals surface area contributed by atoms with Crippen LogP contribution in [0.2, 0.25) is 0 Å². The molecule has 2 rings (SSSR count). The van der Waals surface area contributed by atoms with E-state index in [1.165, 1.54) is 12.8 Å². The Labute approximate surface area is 116 Å². The van der Waals surface area contributed by atoms with Gasteiger partial charge < -0.3 is 10.1 Å². The zero-order chi connectivity index (χ0) is 13.8. The Morgan fingerprint density at radius 3 is 2.53 bits per heavy atom. The van der Waals surface area contributed by atoms with E-state index in [1.54, 1.807) is 0 Å². The van der Waals surface area contributed by atoms with Crippen molar-refractivity contribution in [1.29, 1.82) is 0 Å². The molecule has 4 nitrogen and oxygen atoms in total. The van der Waals surface area contributed by atoms with Crippen molar-refractivity contribution in [1.82, 2.24) is 9.97 Å². The predicted molar refractivity (Wildman–Crippen MR) is 77.6 cm³/mol. The van der Waals surface area contributed by atoms with Crippen LogP contribution in [0.15, 0.2) is 6.07 Å². The van der Waals surface area contributed by atoms with Gasteiger partial charge in [-0.15, -0.1) is 0 Å². The number of hydrogen-bond donors (Lipinski definition) is 1. The van der Waals surface area contributed by atoms with Crippen LogP contribution in [0.1, 0.15) is 46.4 Å². The molecule has 0 aliphatic heterocycles. The van der Waals surface area contributed by atoms with E-state index in [2.05, 4.69) is 43.0 Å². The molecule has 106 valence electrons. The van der Waals surface area contributed by atoms with Gasteiger partial charge in [-0.1, -0.05) is 27.7 Å². The fourth-order valence-electron chi connectivity index (χ4n) is 1.77. The predicted octanol–water partition coefficient (Wildman–Crippen LogP) is 3.28. The van der Waals surface area contributed by atoms with Crippen molar-refractivity contribution in [2.45, 2.75) is 53.0 Å². The molecular weight excluding hydrogens is 238 g/mol. The number of hydrogen-bond acceptors (Lipinski definition) is 4. The Morgan fingerprint density at radius 2 is 1.95 bits per heavy atom.